The fraction of sp³-hybridized carbons (Fsp3) is 0.417. The van der Waals surface area contributed by atoms with Crippen molar-refractivity contribution in [1.29, 1.82) is 0 Å². The van der Waals surface area contributed by atoms with Crippen molar-refractivity contribution < 1.29 is 14.0 Å². The number of rotatable bonds is 9. The van der Waals surface area contributed by atoms with E-state index in [1.54, 1.807) is 25.1 Å². The molecule has 0 fully saturated rings. The van der Waals surface area contributed by atoms with Crippen molar-refractivity contribution in [2.75, 3.05) is 5.75 Å². The zero-order valence-corrected chi connectivity index (χ0v) is 19.2. The number of nitrogens with one attached hydrogen (secondary N) is 1. The summed E-state index contributed by atoms with van der Waals surface area (Å²) in [6, 6.07) is 12.0. The normalized spacial score (nSPS) is 12.0. The maximum atomic E-state index is 14.2. The van der Waals surface area contributed by atoms with Crippen LogP contribution < -0.4 is 5.32 Å². The molecule has 30 heavy (non-hydrogen) atoms. The van der Waals surface area contributed by atoms with E-state index >= 15 is 0 Å². The Labute approximate surface area is 183 Å². The number of carbonyl (C=O) groups is 2. The van der Waals surface area contributed by atoms with E-state index in [1.165, 1.54) is 33.9 Å². The second-order valence-corrected chi connectivity index (χ2v) is 8.93. The van der Waals surface area contributed by atoms with Gasteiger partial charge in [-0.15, -0.1) is 11.8 Å². The smallest absolute Gasteiger partial charge is 0.242 e. The Hall–Kier alpha value is -2.34. The third kappa shape index (κ3) is 7.17. The molecule has 2 rings (SSSR count). The van der Waals surface area contributed by atoms with Crippen LogP contribution >= 0.6 is 11.8 Å². The number of benzene rings is 2. The van der Waals surface area contributed by atoms with E-state index in [0.717, 1.165) is 5.56 Å². The Balaban J connectivity index is 2.10. The van der Waals surface area contributed by atoms with Gasteiger partial charge in [0.2, 0.25) is 11.8 Å². The summed E-state index contributed by atoms with van der Waals surface area (Å²) in [5.74, 6) is 0.123. The third-order valence-electron chi connectivity index (χ3n) is 4.67. The molecule has 1 N–H and O–H groups in total. The van der Waals surface area contributed by atoms with Gasteiger partial charge in [-0.25, -0.2) is 4.39 Å². The Kier molecular flexibility index (Phi) is 8.90. The molecule has 0 aliphatic rings. The van der Waals surface area contributed by atoms with Crippen LogP contribution in [0.1, 0.15) is 43.0 Å². The molecule has 0 aromatic heterocycles. The van der Waals surface area contributed by atoms with Gasteiger partial charge in [-0.3, -0.25) is 9.59 Å². The van der Waals surface area contributed by atoms with Crippen LogP contribution in [0.15, 0.2) is 42.5 Å². The van der Waals surface area contributed by atoms with Gasteiger partial charge in [-0.05, 0) is 46.2 Å². The molecule has 0 saturated heterocycles. The van der Waals surface area contributed by atoms with Gasteiger partial charge in [0.25, 0.3) is 0 Å². The molecule has 0 bridgehead atoms. The van der Waals surface area contributed by atoms with Crippen LogP contribution in [0.25, 0.3) is 0 Å². The second-order valence-electron chi connectivity index (χ2n) is 7.94. The summed E-state index contributed by atoms with van der Waals surface area (Å²) < 4.78 is 14.2. The highest BCUT2D eigenvalue weighted by Crippen LogP contribution is 2.19. The number of aryl methyl sites for hydroxylation is 2. The highest BCUT2D eigenvalue weighted by molar-refractivity contribution is 7.99. The Morgan fingerprint density at radius 2 is 1.70 bits per heavy atom. The van der Waals surface area contributed by atoms with Crippen LogP contribution in [-0.4, -0.2) is 34.6 Å². The molecule has 0 spiro atoms. The fourth-order valence-electron chi connectivity index (χ4n) is 3.29. The number of hydrogen-bond acceptors (Lipinski definition) is 3. The Bertz CT molecular complexity index is 865. The minimum atomic E-state index is -0.693. The van der Waals surface area contributed by atoms with Crippen LogP contribution in [0.4, 0.5) is 4.39 Å². The summed E-state index contributed by atoms with van der Waals surface area (Å²) in [5.41, 5.74) is 3.94. The molecule has 0 saturated carbocycles. The maximum absolute atomic E-state index is 14.2. The molecule has 0 heterocycles. The highest BCUT2D eigenvalue weighted by Gasteiger charge is 2.27. The van der Waals surface area contributed by atoms with Gasteiger partial charge < -0.3 is 10.2 Å². The first-order chi connectivity index (χ1) is 14.2. The first-order valence-electron chi connectivity index (χ1n) is 10.2. The lowest BCUT2D eigenvalue weighted by Crippen LogP contribution is -2.49. The van der Waals surface area contributed by atoms with Crippen molar-refractivity contribution in [3.05, 3.63) is 70.5 Å². The SMILES string of the molecule is Cc1cc(C)cc(CSCC(=O)N(Cc2ccccc2F)[C@@H](C)C(=O)NC(C)C)c1. The summed E-state index contributed by atoms with van der Waals surface area (Å²) in [4.78, 5) is 27.0. The van der Waals surface area contributed by atoms with Crippen molar-refractivity contribution in [2.24, 2.45) is 0 Å². The number of carbonyl (C=O) groups excluding carboxylic acids is 2. The van der Waals surface area contributed by atoms with Gasteiger partial charge in [0.05, 0.1) is 5.75 Å². The van der Waals surface area contributed by atoms with Crippen LogP contribution in [0, 0.1) is 19.7 Å². The topological polar surface area (TPSA) is 49.4 Å². The number of nitrogens with zero attached hydrogens (tertiary/aromatic N) is 1. The van der Waals surface area contributed by atoms with Gasteiger partial charge in [0.1, 0.15) is 11.9 Å². The molecule has 6 heteroatoms. The predicted molar refractivity (Wildman–Crippen MR) is 122 cm³/mol. The molecule has 4 nitrogen and oxygen atoms in total. The molecule has 1 atom stereocenters. The van der Waals surface area contributed by atoms with Gasteiger partial charge in [-0.1, -0.05) is 47.5 Å². The zero-order chi connectivity index (χ0) is 22.3. The molecule has 0 unspecified atom stereocenters. The van der Waals surface area contributed by atoms with Crippen LogP contribution in [0.2, 0.25) is 0 Å². The average Bonchev–Trinajstić information content (AvgIpc) is 2.65. The standard InChI is InChI=1S/C24H31FN2O2S/c1-16(2)26-24(29)19(5)27(13-21-8-6-7-9-22(21)25)23(28)15-30-14-20-11-17(3)10-18(4)12-20/h6-12,16,19H,13-15H2,1-5H3,(H,26,29)/t19-/m0/s1. The van der Waals surface area contributed by atoms with Crippen LogP contribution in [-0.2, 0) is 21.9 Å². The average molecular weight is 431 g/mol. The minimum absolute atomic E-state index is 0.0377. The largest absolute Gasteiger partial charge is 0.352 e. The lowest BCUT2D eigenvalue weighted by atomic mass is 10.1. The maximum Gasteiger partial charge on any atom is 0.242 e. The summed E-state index contributed by atoms with van der Waals surface area (Å²) in [6.07, 6.45) is 0. The summed E-state index contributed by atoms with van der Waals surface area (Å²) >= 11 is 1.50. The fourth-order valence-corrected chi connectivity index (χ4v) is 4.13. The molecule has 2 aromatic rings. The lowest BCUT2D eigenvalue weighted by Gasteiger charge is -2.29. The predicted octanol–water partition coefficient (Wildman–Crippen LogP) is 4.62. The third-order valence-corrected chi connectivity index (χ3v) is 5.66. The number of halogens is 1. The van der Waals surface area contributed by atoms with E-state index in [2.05, 4.69) is 37.4 Å². The molecular weight excluding hydrogens is 399 g/mol. The molecule has 2 amide bonds. The Morgan fingerprint density at radius 1 is 1.07 bits per heavy atom. The van der Waals surface area contributed by atoms with Crippen molar-refractivity contribution >= 4 is 23.6 Å². The van der Waals surface area contributed by atoms with Gasteiger partial charge in [0.15, 0.2) is 0 Å². The summed E-state index contributed by atoms with van der Waals surface area (Å²) in [6.45, 7) is 9.59. The van der Waals surface area contributed by atoms with Crippen molar-refractivity contribution in [3.63, 3.8) is 0 Å². The lowest BCUT2D eigenvalue weighted by molar-refractivity contribution is -0.138. The zero-order valence-electron chi connectivity index (χ0n) is 18.4. The highest BCUT2D eigenvalue weighted by atomic mass is 32.2. The van der Waals surface area contributed by atoms with Gasteiger partial charge in [0, 0.05) is 23.9 Å². The first-order valence-corrected chi connectivity index (χ1v) is 11.3. The Morgan fingerprint density at radius 3 is 2.30 bits per heavy atom. The number of thioether (sulfide) groups is 1. The van der Waals surface area contributed by atoms with E-state index in [1.807, 2.05) is 13.8 Å². The molecule has 2 aromatic carbocycles. The van der Waals surface area contributed by atoms with E-state index < -0.39 is 6.04 Å². The molecular formula is C24H31FN2O2S. The molecule has 162 valence electrons. The molecule has 0 aliphatic heterocycles. The van der Waals surface area contributed by atoms with Gasteiger partial charge in [-0.2, -0.15) is 0 Å². The quantitative estimate of drug-likeness (QED) is 0.632. The van der Waals surface area contributed by atoms with Crippen LogP contribution in [0.5, 0.6) is 0 Å². The van der Waals surface area contributed by atoms with E-state index in [0.29, 0.717) is 11.3 Å². The monoisotopic (exact) mass is 430 g/mol. The number of hydrogen-bond donors (Lipinski definition) is 1. The van der Waals surface area contributed by atoms with Crippen molar-refractivity contribution in [1.82, 2.24) is 10.2 Å². The summed E-state index contributed by atoms with van der Waals surface area (Å²) in [7, 11) is 0. The molecule has 0 aliphatic carbocycles. The van der Waals surface area contributed by atoms with Gasteiger partial charge >= 0.3 is 0 Å². The minimum Gasteiger partial charge on any atom is -0.352 e. The first kappa shape index (κ1) is 23.9. The van der Waals surface area contributed by atoms with E-state index in [9.17, 15) is 14.0 Å². The molecule has 0 radical (unpaired) electrons. The summed E-state index contributed by atoms with van der Waals surface area (Å²) in [5, 5.41) is 2.84. The van der Waals surface area contributed by atoms with Crippen molar-refractivity contribution in [2.45, 2.75) is 59.0 Å². The van der Waals surface area contributed by atoms with E-state index in [-0.39, 0.29) is 36.0 Å². The number of amides is 2. The second kappa shape index (κ2) is 11.2. The van der Waals surface area contributed by atoms with Crippen molar-refractivity contribution in [3.8, 4) is 0 Å². The van der Waals surface area contributed by atoms with Crippen LogP contribution in [0.3, 0.4) is 0 Å². The van der Waals surface area contributed by atoms with E-state index in [4.69, 9.17) is 0 Å².